The topological polar surface area (TPSA) is 53.4 Å². The lowest BCUT2D eigenvalue weighted by atomic mass is 9.71. The molecule has 2 aliphatic rings. The maximum absolute atomic E-state index is 12.6. The first-order valence-electron chi connectivity index (χ1n) is 7.33. The molecule has 114 valence electrons. The van der Waals surface area contributed by atoms with Gasteiger partial charge in [-0.05, 0) is 31.4 Å². The highest BCUT2D eigenvalue weighted by molar-refractivity contribution is 6.33. The van der Waals surface area contributed by atoms with Crippen molar-refractivity contribution in [2.75, 3.05) is 13.1 Å². The van der Waals surface area contributed by atoms with Crippen LogP contribution >= 0.6 is 23.2 Å². The summed E-state index contributed by atoms with van der Waals surface area (Å²) in [6.07, 6.45) is 4.69. The van der Waals surface area contributed by atoms with Gasteiger partial charge in [-0.2, -0.15) is 0 Å². The van der Waals surface area contributed by atoms with Gasteiger partial charge >= 0.3 is 0 Å². The highest BCUT2D eigenvalue weighted by Gasteiger charge is 2.43. The lowest BCUT2D eigenvalue weighted by Crippen LogP contribution is -2.54. The summed E-state index contributed by atoms with van der Waals surface area (Å²) in [5, 5.41) is 11.1. The van der Waals surface area contributed by atoms with Crippen molar-refractivity contribution in [3.05, 3.63) is 28.0 Å². The maximum Gasteiger partial charge on any atom is 0.254 e. The van der Waals surface area contributed by atoms with Crippen LogP contribution in [0.5, 0.6) is 0 Å². The molecule has 1 aliphatic carbocycles. The van der Waals surface area contributed by atoms with Crippen LogP contribution in [0.4, 0.5) is 0 Å². The third kappa shape index (κ3) is 3.03. The third-order valence-electron chi connectivity index (χ3n) is 4.72. The van der Waals surface area contributed by atoms with Gasteiger partial charge in [-0.25, -0.2) is 4.98 Å². The Labute approximate surface area is 134 Å². The number of piperidine rings is 1. The van der Waals surface area contributed by atoms with Gasteiger partial charge < -0.3 is 10.0 Å². The van der Waals surface area contributed by atoms with E-state index >= 15 is 0 Å². The van der Waals surface area contributed by atoms with Crippen LogP contribution in [0.15, 0.2) is 12.1 Å². The molecule has 6 heteroatoms. The lowest BCUT2D eigenvalue weighted by molar-refractivity contribution is -0.0886. The van der Waals surface area contributed by atoms with Crippen LogP contribution in [0.3, 0.4) is 0 Å². The van der Waals surface area contributed by atoms with E-state index in [4.69, 9.17) is 23.2 Å². The Morgan fingerprint density at radius 2 is 2.00 bits per heavy atom. The van der Waals surface area contributed by atoms with Crippen molar-refractivity contribution in [3.8, 4) is 0 Å². The molecule has 1 aromatic heterocycles. The SMILES string of the molecule is O=C(c1cc(Cl)nc(Cl)c1)N1CCC2(O)CCCCC2C1. The second-order valence-corrected chi connectivity index (χ2v) is 6.82. The number of fused-ring (bicyclic) bond motifs is 1. The molecule has 3 rings (SSSR count). The molecule has 1 saturated carbocycles. The summed E-state index contributed by atoms with van der Waals surface area (Å²) >= 11 is 11.7. The van der Waals surface area contributed by atoms with Crippen LogP contribution in [0, 0.1) is 5.92 Å². The van der Waals surface area contributed by atoms with Gasteiger partial charge in [0.05, 0.1) is 5.60 Å². The van der Waals surface area contributed by atoms with E-state index in [2.05, 4.69) is 4.98 Å². The number of amides is 1. The van der Waals surface area contributed by atoms with Crippen LogP contribution in [-0.4, -0.2) is 39.6 Å². The second kappa shape index (κ2) is 5.75. The molecule has 4 nitrogen and oxygen atoms in total. The predicted octanol–water partition coefficient (Wildman–Crippen LogP) is 3.16. The molecule has 1 aliphatic heterocycles. The number of likely N-dealkylation sites (tertiary alicyclic amines) is 1. The second-order valence-electron chi connectivity index (χ2n) is 6.05. The molecule has 0 bridgehead atoms. The number of pyridine rings is 1. The van der Waals surface area contributed by atoms with Gasteiger partial charge in [0.1, 0.15) is 10.3 Å². The summed E-state index contributed by atoms with van der Waals surface area (Å²) in [6, 6.07) is 3.08. The van der Waals surface area contributed by atoms with Crippen molar-refractivity contribution in [1.29, 1.82) is 0 Å². The number of nitrogens with zero attached hydrogens (tertiary/aromatic N) is 2. The molecular formula is C15H18Cl2N2O2. The minimum absolute atomic E-state index is 0.0891. The highest BCUT2D eigenvalue weighted by atomic mass is 35.5. The van der Waals surface area contributed by atoms with E-state index in [1.165, 1.54) is 12.1 Å². The number of hydrogen-bond acceptors (Lipinski definition) is 3. The summed E-state index contributed by atoms with van der Waals surface area (Å²) < 4.78 is 0. The smallest absolute Gasteiger partial charge is 0.254 e. The normalized spacial score (nSPS) is 29.1. The zero-order chi connectivity index (χ0) is 15.0. The zero-order valence-electron chi connectivity index (χ0n) is 11.7. The van der Waals surface area contributed by atoms with Crippen LogP contribution in [0.2, 0.25) is 10.3 Å². The molecule has 1 saturated heterocycles. The van der Waals surface area contributed by atoms with E-state index in [0.717, 1.165) is 25.7 Å². The molecule has 1 N–H and O–H groups in total. The largest absolute Gasteiger partial charge is 0.389 e. The Morgan fingerprint density at radius 1 is 1.29 bits per heavy atom. The van der Waals surface area contributed by atoms with Crippen molar-refractivity contribution >= 4 is 29.1 Å². The number of hydrogen-bond donors (Lipinski definition) is 1. The number of carbonyl (C=O) groups is 1. The Kier molecular flexibility index (Phi) is 4.12. The van der Waals surface area contributed by atoms with Crippen LogP contribution < -0.4 is 0 Å². The fraction of sp³-hybridized carbons (Fsp3) is 0.600. The minimum atomic E-state index is -0.581. The molecular weight excluding hydrogens is 311 g/mol. The Morgan fingerprint density at radius 3 is 2.71 bits per heavy atom. The molecule has 0 radical (unpaired) electrons. The molecule has 0 aromatic carbocycles. The van der Waals surface area contributed by atoms with E-state index in [-0.39, 0.29) is 22.1 Å². The molecule has 2 unspecified atom stereocenters. The van der Waals surface area contributed by atoms with Crippen molar-refractivity contribution < 1.29 is 9.90 Å². The van der Waals surface area contributed by atoms with Crippen molar-refractivity contribution in [2.24, 2.45) is 5.92 Å². The summed E-state index contributed by atoms with van der Waals surface area (Å²) in [4.78, 5) is 18.2. The van der Waals surface area contributed by atoms with Gasteiger partial charge in [-0.15, -0.1) is 0 Å². The quantitative estimate of drug-likeness (QED) is 0.805. The van der Waals surface area contributed by atoms with Gasteiger partial charge in [0.15, 0.2) is 0 Å². The fourth-order valence-electron chi connectivity index (χ4n) is 3.53. The number of rotatable bonds is 1. The minimum Gasteiger partial charge on any atom is -0.389 e. The lowest BCUT2D eigenvalue weighted by Gasteiger charge is -2.47. The van der Waals surface area contributed by atoms with E-state index in [0.29, 0.717) is 25.1 Å². The van der Waals surface area contributed by atoms with E-state index in [1.807, 2.05) is 0 Å². The maximum atomic E-state index is 12.6. The monoisotopic (exact) mass is 328 g/mol. The van der Waals surface area contributed by atoms with Gasteiger partial charge in [0.25, 0.3) is 5.91 Å². The van der Waals surface area contributed by atoms with E-state index in [1.54, 1.807) is 4.90 Å². The molecule has 0 spiro atoms. The van der Waals surface area contributed by atoms with Crippen molar-refractivity contribution in [2.45, 2.75) is 37.7 Å². The van der Waals surface area contributed by atoms with Crippen LogP contribution in [0.25, 0.3) is 0 Å². The molecule has 2 heterocycles. The number of aromatic nitrogens is 1. The highest BCUT2D eigenvalue weighted by Crippen LogP contribution is 2.40. The van der Waals surface area contributed by atoms with Gasteiger partial charge in [0.2, 0.25) is 0 Å². The standard InChI is InChI=1S/C15H18Cl2N2O2/c16-12-7-10(8-13(17)18-12)14(20)19-6-5-15(21)4-2-1-3-11(15)9-19/h7-8,11,21H,1-6,9H2. The molecule has 2 fully saturated rings. The van der Waals surface area contributed by atoms with E-state index < -0.39 is 5.60 Å². The Hall–Kier alpha value is -0.840. The first kappa shape index (κ1) is 15.1. The molecule has 1 amide bonds. The van der Waals surface area contributed by atoms with Gasteiger partial charge in [-0.3, -0.25) is 4.79 Å². The summed E-state index contributed by atoms with van der Waals surface area (Å²) in [6.45, 7) is 1.18. The van der Waals surface area contributed by atoms with E-state index in [9.17, 15) is 9.90 Å². The third-order valence-corrected chi connectivity index (χ3v) is 5.11. The number of carbonyl (C=O) groups excluding carboxylic acids is 1. The number of halogens is 2. The average molecular weight is 329 g/mol. The first-order valence-corrected chi connectivity index (χ1v) is 8.08. The molecule has 1 aromatic rings. The Balaban J connectivity index is 1.77. The average Bonchev–Trinajstić information content (AvgIpc) is 2.44. The first-order chi connectivity index (χ1) is 9.98. The van der Waals surface area contributed by atoms with Gasteiger partial charge in [0, 0.05) is 24.6 Å². The van der Waals surface area contributed by atoms with Gasteiger partial charge in [-0.1, -0.05) is 36.0 Å². The molecule has 2 atom stereocenters. The Bertz CT molecular complexity index is 546. The van der Waals surface area contributed by atoms with Crippen LogP contribution in [0.1, 0.15) is 42.5 Å². The molecule has 21 heavy (non-hydrogen) atoms. The van der Waals surface area contributed by atoms with Crippen molar-refractivity contribution in [3.63, 3.8) is 0 Å². The fourth-order valence-corrected chi connectivity index (χ4v) is 3.99. The van der Waals surface area contributed by atoms with Crippen molar-refractivity contribution in [1.82, 2.24) is 9.88 Å². The summed E-state index contributed by atoms with van der Waals surface area (Å²) in [5.74, 6) is 0.0885. The summed E-state index contributed by atoms with van der Waals surface area (Å²) in [7, 11) is 0. The summed E-state index contributed by atoms with van der Waals surface area (Å²) in [5.41, 5.74) is -0.121. The predicted molar refractivity (Wildman–Crippen MR) is 81.7 cm³/mol. The zero-order valence-corrected chi connectivity index (χ0v) is 13.2. The number of aliphatic hydroxyl groups is 1. The van der Waals surface area contributed by atoms with Crippen LogP contribution in [-0.2, 0) is 0 Å².